The number of benzene rings is 2. The summed E-state index contributed by atoms with van der Waals surface area (Å²) in [5, 5.41) is 3.38. The molecular weight excluding hydrogens is 274 g/mol. The van der Waals surface area contributed by atoms with E-state index in [9.17, 15) is 0 Å². The Morgan fingerprint density at radius 1 is 0.905 bits per heavy atom. The van der Waals surface area contributed by atoms with Gasteiger partial charge in [0.15, 0.2) is 0 Å². The van der Waals surface area contributed by atoms with Gasteiger partial charge in [0.1, 0.15) is 0 Å². The molecule has 0 aliphatic rings. The molecule has 0 amide bonds. The number of rotatable bonds is 6. The molecule has 1 nitrogen and oxygen atoms in total. The predicted octanol–water partition coefficient (Wildman–Crippen LogP) is 5.24. The summed E-state index contributed by atoms with van der Waals surface area (Å²) in [7, 11) is 0. The average molecular weight is 297 g/mol. The van der Waals surface area contributed by atoms with E-state index in [1.807, 2.05) is 0 Å². The van der Waals surface area contributed by atoms with Crippen LogP contribution < -0.4 is 5.32 Å². The highest BCUT2D eigenvalue weighted by molar-refractivity contribution is 7.99. The molecule has 2 heteroatoms. The van der Waals surface area contributed by atoms with Crippen molar-refractivity contribution in [3.8, 4) is 0 Å². The molecule has 0 saturated heterocycles. The zero-order chi connectivity index (χ0) is 15.1. The molecule has 2 aromatic rings. The number of likely N-dealkylation sites (N-methyl/N-ethyl adjacent to an activating group) is 1. The van der Waals surface area contributed by atoms with Crippen LogP contribution in [-0.4, -0.2) is 13.1 Å². The smallest absolute Gasteiger partial charge is 0.0167 e. The summed E-state index contributed by atoms with van der Waals surface area (Å²) in [4.78, 5) is 2.56. The summed E-state index contributed by atoms with van der Waals surface area (Å²) in [6.45, 7) is 8.51. The first kappa shape index (κ1) is 15.9. The summed E-state index contributed by atoms with van der Waals surface area (Å²) < 4.78 is 0. The van der Waals surface area contributed by atoms with E-state index in [-0.39, 0.29) is 0 Å². The third-order valence-corrected chi connectivity index (χ3v) is 4.56. The highest BCUT2D eigenvalue weighted by Crippen LogP contribution is 2.28. The van der Waals surface area contributed by atoms with Crippen molar-refractivity contribution >= 4 is 17.3 Å². The van der Waals surface area contributed by atoms with Crippen LogP contribution in [0.15, 0.2) is 70.0 Å². The minimum Gasteiger partial charge on any atom is -0.313 e. The van der Waals surface area contributed by atoms with Crippen molar-refractivity contribution < 1.29 is 0 Å². The molecule has 0 saturated carbocycles. The van der Waals surface area contributed by atoms with Gasteiger partial charge < -0.3 is 5.32 Å². The predicted molar refractivity (Wildman–Crippen MR) is 93.8 cm³/mol. The topological polar surface area (TPSA) is 12.0 Å². The Labute approximate surface area is 132 Å². The molecule has 0 bridgehead atoms. The third-order valence-electron chi connectivity index (χ3n) is 3.55. The van der Waals surface area contributed by atoms with Gasteiger partial charge in [0.2, 0.25) is 0 Å². The van der Waals surface area contributed by atoms with E-state index in [2.05, 4.69) is 80.7 Å². The summed E-state index contributed by atoms with van der Waals surface area (Å²) in [6, 6.07) is 19.3. The third kappa shape index (κ3) is 4.76. The van der Waals surface area contributed by atoms with E-state index in [4.69, 9.17) is 0 Å². The fourth-order valence-electron chi connectivity index (χ4n) is 2.09. The summed E-state index contributed by atoms with van der Waals surface area (Å²) in [5.74, 6) is 0. The second-order valence-corrected chi connectivity index (χ2v) is 6.27. The highest BCUT2D eigenvalue weighted by Gasteiger charge is 2.02. The molecule has 0 aliphatic heterocycles. The maximum absolute atomic E-state index is 3.38. The standard InChI is InChI=1S/C19H23NS/c1-4-20-14-15(2)16(3)17-10-12-19(13-11-17)21-18-8-6-5-7-9-18/h5-13,20H,4,14H2,1-3H3. The minimum absolute atomic E-state index is 0.961. The van der Waals surface area contributed by atoms with Crippen molar-refractivity contribution in [1.29, 1.82) is 0 Å². The van der Waals surface area contributed by atoms with Gasteiger partial charge in [-0.1, -0.05) is 54.6 Å². The Morgan fingerprint density at radius 2 is 1.52 bits per heavy atom. The van der Waals surface area contributed by atoms with Crippen LogP contribution >= 0.6 is 11.8 Å². The zero-order valence-electron chi connectivity index (χ0n) is 13.0. The quantitative estimate of drug-likeness (QED) is 0.782. The van der Waals surface area contributed by atoms with Gasteiger partial charge in [0.25, 0.3) is 0 Å². The fraction of sp³-hybridized carbons (Fsp3) is 0.263. The van der Waals surface area contributed by atoms with Gasteiger partial charge in [0, 0.05) is 16.3 Å². The lowest BCUT2D eigenvalue weighted by atomic mass is 10.0. The molecule has 0 radical (unpaired) electrons. The number of hydrogen-bond acceptors (Lipinski definition) is 2. The van der Waals surface area contributed by atoms with E-state index in [0.717, 1.165) is 13.1 Å². The van der Waals surface area contributed by atoms with Crippen molar-refractivity contribution in [2.45, 2.75) is 30.6 Å². The molecular formula is C19H23NS. The number of allylic oxidation sites excluding steroid dienone is 1. The molecule has 0 aliphatic carbocycles. The SMILES string of the molecule is CCNCC(C)=C(C)c1ccc(Sc2ccccc2)cc1. The van der Waals surface area contributed by atoms with Crippen molar-refractivity contribution in [2.75, 3.05) is 13.1 Å². The monoisotopic (exact) mass is 297 g/mol. The van der Waals surface area contributed by atoms with E-state index in [1.54, 1.807) is 11.8 Å². The van der Waals surface area contributed by atoms with Gasteiger partial charge in [-0.3, -0.25) is 0 Å². The Kier molecular flexibility index (Phi) is 6.09. The summed E-state index contributed by atoms with van der Waals surface area (Å²) >= 11 is 1.80. The molecule has 110 valence electrons. The Bertz CT molecular complexity index is 585. The molecule has 0 atom stereocenters. The maximum Gasteiger partial charge on any atom is 0.0167 e. The van der Waals surface area contributed by atoms with Crippen LogP contribution in [0.3, 0.4) is 0 Å². The molecule has 2 aromatic carbocycles. The van der Waals surface area contributed by atoms with Crippen LogP contribution in [0.4, 0.5) is 0 Å². The van der Waals surface area contributed by atoms with E-state index in [0.29, 0.717) is 0 Å². The van der Waals surface area contributed by atoms with E-state index < -0.39 is 0 Å². The average Bonchev–Trinajstić information content (AvgIpc) is 2.53. The van der Waals surface area contributed by atoms with Crippen molar-refractivity contribution in [2.24, 2.45) is 0 Å². The molecule has 0 fully saturated rings. The molecule has 0 aromatic heterocycles. The molecule has 0 unspecified atom stereocenters. The summed E-state index contributed by atoms with van der Waals surface area (Å²) in [6.07, 6.45) is 0. The lowest BCUT2D eigenvalue weighted by molar-refractivity contribution is 0.777. The van der Waals surface area contributed by atoms with Crippen molar-refractivity contribution in [1.82, 2.24) is 5.32 Å². The molecule has 0 heterocycles. The van der Waals surface area contributed by atoms with Gasteiger partial charge in [-0.15, -0.1) is 0 Å². The van der Waals surface area contributed by atoms with Crippen LogP contribution in [0.5, 0.6) is 0 Å². The Balaban J connectivity index is 2.08. The Morgan fingerprint density at radius 3 is 2.14 bits per heavy atom. The maximum atomic E-state index is 3.38. The van der Waals surface area contributed by atoms with Gasteiger partial charge >= 0.3 is 0 Å². The van der Waals surface area contributed by atoms with Crippen LogP contribution in [-0.2, 0) is 0 Å². The van der Waals surface area contributed by atoms with Crippen LogP contribution in [0.25, 0.3) is 5.57 Å². The van der Waals surface area contributed by atoms with Crippen LogP contribution in [0.1, 0.15) is 26.3 Å². The molecule has 1 N–H and O–H groups in total. The lowest BCUT2D eigenvalue weighted by Crippen LogP contribution is -2.15. The van der Waals surface area contributed by atoms with Gasteiger partial charge in [0.05, 0.1) is 0 Å². The van der Waals surface area contributed by atoms with Crippen LogP contribution in [0.2, 0.25) is 0 Å². The minimum atomic E-state index is 0.961. The molecule has 0 spiro atoms. The first-order valence-electron chi connectivity index (χ1n) is 7.41. The summed E-state index contributed by atoms with van der Waals surface area (Å²) in [5.41, 5.74) is 4.08. The van der Waals surface area contributed by atoms with Crippen molar-refractivity contribution in [3.63, 3.8) is 0 Å². The lowest BCUT2D eigenvalue weighted by Gasteiger charge is -2.09. The fourth-order valence-corrected chi connectivity index (χ4v) is 2.93. The first-order chi connectivity index (χ1) is 10.2. The van der Waals surface area contributed by atoms with E-state index >= 15 is 0 Å². The zero-order valence-corrected chi connectivity index (χ0v) is 13.8. The highest BCUT2D eigenvalue weighted by atomic mass is 32.2. The normalized spacial score (nSPS) is 12.1. The Hall–Kier alpha value is -1.51. The van der Waals surface area contributed by atoms with Gasteiger partial charge in [-0.2, -0.15) is 0 Å². The molecule has 2 rings (SSSR count). The van der Waals surface area contributed by atoms with Gasteiger partial charge in [-0.05, 0) is 55.8 Å². The first-order valence-corrected chi connectivity index (χ1v) is 8.22. The van der Waals surface area contributed by atoms with Crippen LogP contribution in [0, 0.1) is 0 Å². The second-order valence-electron chi connectivity index (χ2n) is 5.13. The molecule has 21 heavy (non-hydrogen) atoms. The number of hydrogen-bond donors (Lipinski definition) is 1. The van der Waals surface area contributed by atoms with E-state index in [1.165, 1.54) is 26.5 Å². The number of nitrogens with one attached hydrogen (secondary N) is 1. The van der Waals surface area contributed by atoms with Crippen molar-refractivity contribution in [3.05, 3.63) is 65.7 Å². The van der Waals surface area contributed by atoms with Gasteiger partial charge in [-0.25, -0.2) is 0 Å². The second kappa shape index (κ2) is 8.06. The largest absolute Gasteiger partial charge is 0.313 e.